The molecule has 4 heteroatoms. The van der Waals surface area contributed by atoms with Crippen molar-refractivity contribution in [3.63, 3.8) is 0 Å². The van der Waals surface area contributed by atoms with Gasteiger partial charge in [-0.3, -0.25) is 9.59 Å². The van der Waals surface area contributed by atoms with E-state index in [1.165, 1.54) is 6.92 Å². The smallest absolute Gasteiger partial charge is 0.255 e. The minimum absolute atomic E-state index is 0.149. The number of ether oxygens (including phenoxy) is 1. The van der Waals surface area contributed by atoms with Gasteiger partial charge in [-0.15, -0.1) is 0 Å². The number of aliphatic imine (C=N–C) groups is 1. The zero-order chi connectivity index (χ0) is 8.69. The Morgan fingerprint density at radius 2 is 2.18 bits per heavy atom. The third-order valence-corrected chi connectivity index (χ3v) is 0.838. The Hall–Kier alpha value is -1.19. The molecule has 0 spiro atoms. The molecule has 0 aromatic carbocycles. The molecule has 0 N–H and O–H groups in total. The van der Waals surface area contributed by atoms with Gasteiger partial charge in [0.25, 0.3) is 5.91 Å². The minimum Gasteiger partial charge on any atom is -0.483 e. The summed E-state index contributed by atoms with van der Waals surface area (Å²) in [5.74, 6) is -0.658. The molecule has 0 atom stereocenters. The fourth-order valence-electron chi connectivity index (χ4n) is 0.429. The van der Waals surface area contributed by atoms with Gasteiger partial charge in [0.2, 0.25) is 0 Å². The highest BCUT2D eigenvalue weighted by Gasteiger charge is 2.00. The normalized spacial score (nSPS) is 10.0. The van der Waals surface area contributed by atoms with Gasteiger partial charge in [-0.2, -0.15) is 4.99 Å². The number of ketones is 1. The van der Waals surface area contributed by atoms with Crippen LogP contribution in [0.3, 0.4) is 0 Å². The molecule has 1 amide bonds. The van der Waals surface area contributed by atoms with Crippen LogP contribution in [0.4, 0.5) is 0 Å². The van der Waals surface area contributed by atoms with Gasteiger partial charge in [-0.05, 0) is 13.8 Å². The third kappa shape index (κ3) is 6.70. The summed E-state index contributed by atoms with van der Waals surface area (Å²) in [6, 6.07) is 0. The summed E-state index contributed by atoms with van der Waals surface area (Å²) in [6.07, 6.45) is 0.912. The Kier molecular flexibility index (Phi) is 4.98. The number of carbonyl (C=O) groups excluding carboxylic acids is 2. The molecule has 0 fully saturated rings. The van der Waals surface area contributed by atoms with E-state index in [1.807, 2.05) is 0 Å². The first-order valence-corrected chi connectivity index (χ1v) is 3.33. The molecular weight excluding hydrogens is 146 g/mol. The second-order valence-electron chi connectivity index (χ2n) is 1.96. The van der Waals surface area contributed by atoms with E-state index in [0.717, 1.165) is 6.40 Å². The van der Waals surface area contributed by atoms with Gasteiger partial charge in [0.15, 0.2) is 6.40 Å². The van der Waals surface area contributed by atoms with E-state index in [0.29, 0.717) is 6.61 Å². The van der Waals surface area contributed by atoms with E-state index in [-0.39, 0.29) is 12.2 Å². The van der Waals surface area contributed by atoms with E-state index >= 15 is 0 Å². The number of rotatable bonds is 4. The highest BCUT2D eigenvalue weighted by atomic mass is 16.5. The fraction of sp³-hybridized carbons (Fsp3) is 0.571. The summed E-state index contributed by atoms with van der Waals surface area (Å²) >= 11 is 0. The second-order valence-corrected chi connectivity index (χ2v) is 1.96. The third-order valence-electron chi connectivity index (χ3n) is 0.838. The molecule has 62 valence electrons. The Morgan fingerprint density at radius 3 is 2.64 bits per heavy atom. The van der Waals surface area contributed by atoms with Gasteiger partial charge >= 0.3 is 0 Å². The molecule has 0 aromatic heterocycles. The van der Waals surface area contributed by atoms with Crippen molar-refractivity contribution in [3.8, 4) is 0 Å². The van der Waals surface area contributed by atoms with Crippen molar-refractivity contribution < 1.29 is 14.3 Å². The molecule has 0 heterocycles. The van der Waals surface area contributed by atoms with Crippen molar-refractivity contribution in [2.75, 3.05) is 6.61 Å². The highest BCUT2D eigenvalue weighted by Crippen LogP contribution is 1.85. The first kappa shape index (κ1) is 9.81. The molecular formula is C7H11NO3. The number of nitrogens with zero attached hydrogens (tertiary/aromatic N) is 1. The lowest BCUT2D eigenvalue weighted by Crippen LogP contribution is -2.01. The van der Waals surface area contributed by atoms with Crippen molar-refractivity contribution in [3.05, 3.63) is 0 Å². The molecule has 11 heavy (non-hydrogen) atoms. The maximum Gasteiger partial charge on any atom is 0.255 e. The molecule has 0 bridgehead atoms. The summed E-state index contributed by atoms with van der Waals surface area (Å²) in [6.45, 7) is 3.59. The lowest BCUT2D eigenvalue weighted by molar-refractivity contribution is -0.125. The summed E-state index contributed by atoms with van der Waals surface area (Å²) in [7, 11) is 0. The van der Waals surface area contributed by atoms with E-state index in [1.54, 1.807) is 6.92 Å². The van der Waals surface area contributed by atoms with Gasteiger partial charge in [0.1, 0.15) is 5.78 Å². The van der Waals surface area contributed by atoms with Crippen LogP contribution in [-0.2, 0) is 14.3 Å². The van der Waals surface area contributed by atoms with Crippen LogP contribution in [-0.4, -0.2) is 24.7 Å². The van der Waals surface area contributed by atoms with Crippen LogP contribution in [0, 0.1) is 0 Å². The van der Waals surface area contributed by atoms with E-state index in [9.17, 15) is 9.59 Å². The summed E-state index contributed by atoms with van der Waals surface area (Å²) < 4.78 is 4.66. The Labute approximate surface area is 65.3 Å². The summed E-state index contributed by atoms with van der Waals surface area (Å²) in [4.78, 5) is 24.3. The van der Waals surface area contributed by atoms with Gasteiger partial charge in [0, 0.05) is 0 Å². The van der Waals surface area contributed by atoms with Crippen molar-refractivity contribution in [2.45, 2.75) is 20.3 Å². The zero-order valence-corrected chi connectivity index (χ0v) is 6.66. The molecule has 0 saturated carbocycles. The molecule has 0 rings (SSSR count). The molecule has 0 aromatic rings. The number of carbonyl (C=O) groups is 2. The number of amides is 1. The van der Waals surface area contributed by atoms with Crippen molar-refractivity contribution in [1.29, 1.82) is 0 Å². The van der Waals surface area contributed by atoms with E-state index in [2.05, 4.69) is 9.73 Å². The summed E-state index contributed by atoms with van der Waals surface area (Å²) in [5, 5.41) is 0. The fourth-order valence-corrected chi connectivity index (χ4v) is 0.429. The van der Waals surface area contributed by atoms with Crippen LogP contribution >= 0.6 is 0 Å². The van der Waals surface area contributed by atoms with Gasteiger partial charge < -0.3 is 4.74 Å². The van der Waals surface area contributed by atoms with Crippen LogP contribution in [0.25, 0.3) is 0 Å². The predicted molar refractivity (Wildman–Crippen MR) is 40.4 cm³/mol. The van der Waals surface area contributed by atoms with Crippen LogP contribution < -0.4 is 0 Å². The molecule has 0 aliphatic rings. The first-order valence-electron chi connectivity index (χ1n) is 3.33. The highest BCUT2D eigenvalue weighted by molar-refractivity contribution is 5.99. The second kappa shape index (κ2) is 5.58. The first-order chi connectivity index (χ1) is 5.16. The average molecular weight is 157 g/mol. The van der Waals surface area contributed by atoms with Crippen LogP contribution in [0.2, 0.25) is 0 Å². The monoisotopic (exact) mass is 157 g/mol. The SMILES string of the molecule is CCOC=NC(=O)CC(C)=O. The quantitative estimate of drug-likeness (QED) is 0.340. The average Bonchev–Trinajstić information content (AvgIpc) is 1.86. The van der Waals surface area contributed by atoms with Crippen LogP contribution in [0.15, 0.2) is 4.99 Å². The molecule has 4 nitrogen and oxygen atoms in total. The van der Waals surface area contributed by atoms with E-state index < -0.39 is 5.91 Å². The van der Waals surface area contributed by atoms with Gasteiger partial charge in [-0.25, -0.2) is 0 Å². The predicted octanol–water partition coefficient (Wildman–Crippen LogP) is 0.557. The molecule has 0 aliphatic carbocycles. The van der Waals surface area contributed by atoms with Crippen LogP contribution in [0.5, 0.6) is 0 Å². The lowest BCUT2D eigenvalue weighted by Gasteiger charge is -1.90. The number of hydrogen-bond acceptors (Lipinski definition) is 3. The van der Waals surface area contributed by atoms with Gasteiger partial charge in [-0.1, -0.05) is 0 Å². The standard InChI is InChI=1S/C7H11NO3/c1-3-11-5-8-7(10)4-6(2)9/h5H,3-4H2,1-2H3. The molecule has 0 aliphatic heterocycles. The number of hydrogen-bond donors (Lipinski definition) is 0. The van der Waals surface area contributed by atoms with Gasteiger partial charge in [0.05, 0.1) is 13.0 Å². The van der Waals surface area contributed by atoms with Crippen molar-refractivity contribution in [2.24, 2.45) is 4.99 Å². The maximum atomic E-state index is 10.6. The largest absolute Gasteiger partial charge is 0.483 e. The molecule has 0 radical (unpaired) electrons. The van der Waals surface area contributed by atoms with Crippen molar-refractivity contribution >= 4 is 18.1 Å². The topological polar surface area (TPSA) is 55.7 Å². The Balaban J connectivity index is 3.60. The van der Waals surface area contributed by atoms with Crippen LogP contribution in [0.1, 0.15) is 20.3 Å². The minimum atomic E-state index is -0.467. The zero-order valence-electron chi connectivity index (χ0n) is 6.66. The Morgan fingerprint density at radius 1 is 1.55 bits per heavy atom. The van der Waals surface area contributed by atoms with E-state index in [4.69, 9.17) is 0 Å². The summed E-state index contributed by atoms with van der Waals surface area (Å²) in [5.41, 5.74) is 0. The lowest BCUT2D eigenvalue weighted by atomic mass is 10.3. The molecule has 0 saturated heterocycles. The Bertz CT molecular complexity index is 175. The number of Topliss-reactive ketones (excluding diaryl/α,β-unsaturated/α-hetero) is 1. The van der Waals surface area contributed by atoms with Crippen molar-refractivity contribution in [1.82, 2.24) is 0 Å². The molecule has 0 unspecified atom stereocenters. The maximum absolute atomic E-state index is 10.6.